The minimum absolute atomic E-state index is 0.0771. The standard InChI is InChI=1S/C12H16N2O4/c15-9-6-8(7-9)14-11(16)3-4-13-12(17)10-2-1-5-18-10/h1-2,5,8-9,15H,3-4,6-7H2,(H,13,17)(H,14,16). The summed E-state index contributed by atoms with van der Waals surface area (Å²) in [6, 6.07) is 3.27. The quantitative estimate of drug-likeness (QED) is 0.690. The van der Waals surface area contributed by atoms with E-state index in [0.717, 1.165) is 0 Å². The first-order valence-electron chi connectivity index (χ1n) is 5.94. The summed E-state index contributed by atoms with van der Waals surface area (Å²) in [5.74, 6) is -0.212. The second kappa shape index (κ2) is 5.68. The Morgan fingerprint density at radius 3 is 2.83 bits per heavy atom. The number of carbonyl (C=O) groups excluding carboxylic acids is 2. The summed E-state index contributed by atoms with van der Waals surface area (Å²) in [6.07, 6.45) is 2.59. The van der Waals surface area contributed by atoms with Crippen LogP contribution in [0.1, 0.15) is 29.8 Å². The van der Waals surface area contributed by atoms with Crippen LogP contribution in [0.4, 0.5) is 0 Å². The molecule has 1 aliphatic rings. The molecule has 0 saturated heterocycles. The van der Waals surface area contributed by atoms with Gasteiger partial charge in [-0.2, -0.15) is 0 Å². The summed E-state index contributed by atoms with van der Waals surface area (Å²) in [6.45, 7) is 0.265. The third kappa shape index (κ3) is 3.33. The highest BCUT2D eigenvalue weighted by Crippen LogP contribution is 2.19. The van der Waals surface area contributed by atoms with E-state index in [-0.39, 0.29) is 42.7 Å². The van der Waals surface area contributed by atoms with Crippen LogP contribution in [0.2, 0.25) is 0 Å². The first-order valence-corrected chi connectivity index (χ1v) is 5.94. The van der Waals surface area contributed by atoms with Gasteiger partial charge in [0.05, 0.1) is 12.4 Å². The maximum absolute atomic E-state index is 11.5. The minimum atomic E-state index is -0.327. The Hall–Kier alpha value is -1.82. The van der Waals surface area contributed by atoms with Crippen LogP contribution in [-0.2, 0) is 4.79 Å². The van der Waals surface area contributed by atoms with Gasteiger partial charge in [0.15, 0.2) is 5.76 Å². The van der Waals surface area contributed by atoms with Gasteiger partial charge in [-0.25, -0.2) is 0 Å². The second-order valence-corrected chi connectivity index (χ2v) is 4.37. The van der Waals surface area contributed by atoms with Gasteiger partial charge in [0.1, 0.15) is 0 Å². The SMILES string of the molecule is O=C(CCNC(=O)c1ccco1)NC1CC(O)C1. The average molecular weight is 252 g/mol. The number of rotatable bonds is 5. The highest BCUT2D eigenvalue weighted by atomic mass is 16.3. The number of amides is 2. The van der Waals surface area contributed by atoms with Gasteiger partial charge in [0.25, 0.3) is 5.91 Å². The van der Waals surface area contributed by atoms with E-state index in [1.54, 1.807) is 12.1 Å². The van der Waals surface area contributed by atoms with Crippen LogP contribution in [0, 0.1) is 0 Å². The summed E-state index contributed by atoms with van der Waals surface area (Å²) in [5, 5.41) is 14.4. The van der Waals surface area contributed by atoms with Crippen molar-refractivity contribution in [3.63, 3.8) is 0 Å². The molecule has 0 atom stereocenters. The van der Waals surface area contributed by atoms with E-state index in [0.29, 0.717) is 12.8 Å². The van der Waals surface area contributed by atoms with E-state index < -0.39 is 0 Å². The number of hydrogen-bond acceptors (Lipinski definition) is 4. The molecule has 98 valence electrons. The van der Waals surface area contributed by atoms with Crippen LogP contribution in [0.25, 0.3) is 0 Å². The third-order valence-corrected chi connectivity index (χ3v) is 2.86. The molecule has 2 amide bonds. The van der Waals surface area contributed by atoms with Crippen LogP contribution < -0.4 is 10.6 Å². The number of carbonyl (C=O) groups is 2. The van der Waals surface area contributed by atoms with Crippen LogP contribution in [0.3, 0.4) is 0 Å². The van der Waals surface area contributed by atoms with E-state index in [2.05, 4.69) is 10.6 Å². The van der Waals surface area contributed by atoms with Gasteiger partial charge in [0.2, 0.25) is 5.91 Å². The highest BCUT2D eigenvalue weighted by Gasteiger charge is 2.28. The van der Waals surface area contributed by atoms with E-state index in [4.69, 9.17) is 9.52 Å². The predicted molar refractivity (Wildman–Crippen MR) is 62.8 cm³/mol. The molecule has 0 radical (unpaired) electrons. The topological polar surface area (TPSA) is 91.6 Å². The molecule has 2 rings (SSSR count). The number of aliphatic hydroxyl groups excluding tert-OH is 1. The van der Waals surface area contributed by atoms with Crippen molar-refractivity contribution in [1.29, 1.82) is 0 Å². The van der Waals surface area contributed by atoms with Crippen molar-refractivity contribution in [3.8, 4) is 0 Å². The summed E-state index contributed by atoms with van der Waals surface area (Å²) in [5.41, 5.74) is 0. The molecule has 1 aromatic heterocycles. The second-order valence-electron chi connectivity index (χ2n) is 4.37. The lowest BCUT2D eigenvalue weighted by Crippen LogP contribution is -2.47. The monoisotopic (exact) mass is 252 g/mol. The van der Waals surface area contributed by atoms with E-state index in [9.17, 15) is 9.59 Å². The zero-order chi connectivity index (χ0) is 13.0. The van der Waals surface area contributed by atoms with Crippen molar-refractivity contribution in [2.45, 2.75) is 31.4 Å². The molecule has 6 heteroatoms. The predicted octanol–water partition coefficient (Wildman–Crippen LogP) is 0.0390. The van der Waals surface area contributed by atoms with E-state index in [1.807, 2.05) is 0 Å². The lowest BCUT2D eigenvalue weighted by atomic mass is 9.89. The molecule has 1 aliphatic carbocycles. The Labute approximate surface area is 104 Å². The molecular formula is C12H16N2O4. The maximum Gasteiger partial charge on any atom is 0.286 e. The Morgan fingerprint density at radius 1 is 1.44 bits per heavy atom. The summed E-state index contributed by atoms with van der Waals surface area (Å²) >= 11 is 0. The van der Waals surface area contributed by atoms with Crippen molar-refractivity contribution in [2.24, 2.45) is 0 Å². The van der Waals surface area contributed by atoms with Crippen LogP contribution in [-0.4, -0.2) is 35.6 Å². The van der Waals surface area contributed by atoms with Crippen LogP contribution in [0.15, 0.2) is 22.8 Å². The summed E-state index contributed by atoms with van der Waals surface area (Å²) in [4.78, 5) is 22.9. The Morgan fingerprint density at radius 2 is 2.22 bits per heavy atom. The van der Waals surface area contributed by atoms with Crippen molar-refractivity contribution < 1.29 is 19.1 Å². The molecule has 3 N–H and O–H groups in total. The number of hydrogen-bond donors (Lipinski definition) is 3. The first kappa shape index (κ1) is 12.6. The fourth-order valence-corrected chi connectivity index (χ4v) is 1.79. The number of aliphatic hydroxyl groups is 1. The molecule has 1 saturated carbocycles. The molecule has 0 aliphatic heterocycles. The molecule has 1 fully saturated rings. The highest BCUT2D eigenvalue weighted by molar-refractivity contribution is 5.91. The summed E-state index contributed by atoms with van der Waals surface area (Å²) < 4.78 is 4.92. The zero-order valence-corrected chi connectivity index (χ0v) is 9.89. The average Bonchev–Trinajstić information content (AvgIpc) is 2.80. The molecular weight excluding hydrogens is 236 g/mol. The van der Waals surface area contributed by atoms with Gasteiger partial charge in [-0.15, -0.1) is 0 Å². The van der Waals surface area contributed by atoms with E-state index >= 15 is 0 Å². The fraction of sp³-hybridized carbons (Fsp3) is 0.500. The molecule has 0 bridgehead atoms. The number of furan rings is 1. The van der Waals surface area contributed by atoms with Gasteiger partial charge in [-0.1, -0.05) is 0 Å². The largest absolute Gasteiger partial charge is 0.459 e. The third-order valence-electron chi connectivity index (χ3n) is 2.86. The van der Waals surface area contributed by atoms with Crippen molar-refractivity contribution in [1.82, 2.24) is 10.6 Å². The normalized spacial score (nSPS) is 22.1. The molecule has 6 nitrogen and oxygen atoms in total. The van der Waals surface area contributed by atoms with Crippen molar-refractivity contribution >= 4 is 11.8 Å². The van der Waals surface area contributed by atoms with Gasteiger partial charge in [-0.05, 0) is 25.0 Å². The van der Waals surface area contributed by atoms with Gasteiger partial charge < -0.3 is 20.2 Å². The van der Waals surface area contributed by atoms with Crippen LogP contribution >= 0.6 is 0 Å². The van der Waals surface area contributed by atoms with E-state index in [1.165, 1.54) is 6.26 Å². The Bertz CT molecular complexity index is 410. The molecule has 1 heterocycles. The van der Waals surface area contributed by atoms with Crippen LogP contribution in [0.5, 0.6) is 0 Å². The smallest absolute Gasteiger partial charge is 0.286 e. The van der Waals surface area contributed by atoms with Crippen molar-refractivity contribution in [2.75, 3.05) is 6.54 Å². The Balaban J connectivity index is 1.60. The maximum atomic E-state index is 11.5. The lowest BCUT2D eigenvalue weighted by Gasteiger charge is -2.31. The Kier molecular flexibility index (Phi) is 3.99. The fourth-order valence-electron chi connectivity index (χ4n) is 1.79. The molecule has 0 spiro atoms. The number of nitrogens with one attached hydrogen (secondary N) is 2. The van der Waals surface area contributed by atoms with Gasteiger partial charge >= 0.3 is 0 Å². The molecule has 0 unspecified atom stereocenters. The first-order chi connectivity index (χ1) is 8.65. The van der Waals surface area contributed by atoms with Gasteiger partial charge in [-0.3, -0.25) is 9.59 Å². The minimum Gasteiger partial charge on any atom is -0.459 e. The molecule has 18 heavy (non-hydrogen) atoms. The lowest BCUT2D eigenvalue weighted by molar-refractivity contribution is -0.123. The molecule has 0 aromatic carbocycles. The zero-order valence-electron chi connectivity index (χ0n) is 9.89. The molecule has 1 aromatic rings. The van der Waals surface area contributed by atoms with Crippen molar-refractivity contribution in [3.05, 3.63) is 24.2 Å². The van der Waals surface area contributed by atoms with Gasteiger partial charge in [0, 0.05) is 19.0 Å². The summed E-state index contributed by atoms with van der Waals surface area (Å²) in [7, 11) is 0.